The number of halogens is 1. The molecule has 0 radical (unpaired) electrons. The van der Waals surface area contributed by atoms with Crippen LogP contribution in [0.15, 0.2) is 43.6 Å². The zero-order valence-corrected chi connectivity index (χ0v) is 27.3. The average Bonchev–Trinajstić information content (AvgIpc) is 3.41. The molecule has 3 aliphatic heterocycles. The van der Waals surface area contributed by atoms with E-state index in [2.05, 4.69) is 31.4 Å². The average molecular weight is 744 g/mol. The largest absolute Gasteiger partial charge is 0.512 e. The van der Waals surface area contributed by atoms with E-state index >= 15 is 0 Å². The van der Waals surface area contributed by atoms with Crippen LogP contribution < -0.4 is 11.1 Å². The van der Waals surface area contributed by atoms with Crippen molar-refractivity contribution < 1.29 is 54.0 Å². The minimum atomic E-state index is -1.81. The molecule has 0 aromatic carbocycles. The number of fused-ring (bicyclic) bond motifs is 2. The van der Waals surface area contributed by atoms with E-state index in [9.17, 15) is 44.4 Å². The highest BCUT2D eigenvalue weighted by molar-refractivity contribution is 9.12. The Morgan fingerprint density at radius 2 is 1.96 bits per heavy atom. The maximum atomic E-state index is 13.4. The summed E-state index contributed by atoms with van der Waals surface area (Å²) in [6.07, 6.45) is -1.55. The van der Waals surface area contributed by atoms with Gasteiger partial charge >= 0.3 is 12.1 Å². The molecule has 0 bridgehead atoms. The van der Waals surface area contributed by atoms with Gasteiger partial charge in [-0.1, -0.05) is 5.16 Å². The van der Waals surface area contributed by atoms with Crippen LogP contribution in [0.25, 0.3) is 0 Å². The van der Waals surface area contributed by atoms with Crippen molar-refractivity contribution >= 4 is 79.7 Å². The van der Waals surface area contributed by atoms with Crippen LogP contribution in [-0.2, 0) is 28.8 Å². The topological polar surface area (TPSA) is 255 Å². The summed E-state index contributed by atoms with van der Waals surface area (Å²) in [5.41, 5.74) is 4.44. The Labute approximate surface area is 276 Å². The van der Waals surface area contributed by atoms with Crippen molar-refractivity contribution in [1.29, 1.82) is 0 Å². The van der Waals surface area contributed by atoms with E-state index in [0.717, 1.165) is 16.2 Å². The number of amides is 3. The number of thioether (sulfide) groups is 1. The number of thiazole rings is 1. The van der Waals surface area contributed by atoms with Gasteiger partial charge in [-0.3, -0.25) is 19.3 Å². The van der Waals surface area contributed by atoms with Gasteiger partial charge in [0.15, 0.2) is 16.6 Å². The number of carbonyl (C=O) groups excluding carboxylic acids is 3. The number of nitrogens with zero attached hydrogens (tertiary/aromatic N) is 4. The number of carboxylic acids is 1. The second kappa shape index (κ2) is 12.5. The molecular formula is C26H27BrN6O11S2. The predicted molar refractivity (Wildman–Crippen MR) is 165 cm³/mol. The summed E-state index contributed by atoms with van der Waals surface area (Å²) < 4.78 is 5.31. The maximum Gasteiger partial charge on any atom is 0.512 e. The van der Waals surface area contributed by atoms with Gasteiger partial charge < -0.3 is 46.0 Å². The standard InChI is InChI=1S/C26H27BrN6O11S2/c1-26(2,23(39)40)44-31-16(12-8-46-24(28)29-12)19(37)30-17-20(38)33-21(43-25(41)42)10(7-45-22(17)33)5-32-6-11-9(4-14(32)35)3-13(34)18(36)15(11)27/h8-9,17,22,34,36H,3-7H2,1-2H3,(H2,28,29)(H,30,37)(H,39,40)(H,41,42)/b31-16-/t9?,17?,22-/m0/s1. The molecule has 0 spiro atoms. The number of aromatic nitrogens is 1. The first kappa shape index (κ1) is 33.1. The highest BCUT2D eigenvalue weighted by atomic mass is 79.9. The Morgan fingerprint density at radius 1 is 1.24 bits per heavy atom. The third-order valence-electron chi connectivity index (χ3n) is 7.54. The van der Waals surface area contributed by atoms with Crippen LogP contribution in [0.5, 0.6) is 0 Å². The fraction of sp³-hybridized carbons (Fsp3) is 0.423. The molecule has 46 heavy (non-hydrogen) atoms. The van der Waals surface area contributed by atoms with Crippen molar-refractivity contribution in [2.45, 2.75) is 43.7 Å². The van der Waals surface area contributed by atoms with E-state index in [0.29, 0.717) is 11.1 Å². The van der Waals surface area contributed by atoms with E-state index in [1.54, 1.807) is 0 Å². The molecule has 20 heteroatoms. The fourth-order valence-corrected chi connectivity index (χ4v) is 7.58. The summed E-state index contributed by atoms with van der Waals surface area (Å²) >= 11 is 5.46. The highest BCUT2D eigenvalue weighted by Crippen LogP contribution is 2.43. The summed E-state index contributed by atoms with van der Waals surface area (Å²) in [6, 6.07) is -1.16. The minimum absolute atomic E-state index is 0.0228. The number of likely N-dealkylation sites (tertiary alicyclic amines) is 1. The zero-order valence-electron chi connectivity index (χ0n) is 24.1. The second-order valence-corrected chi connectivity index (χ2v) is 13.8. The second-order valence-electron chi connectivity index (χ2n) is 11.0. The molecule has 246 valence electrons. The van der Waals surface area contributed by atoms with Crippen molar-refractivity contribution in [3.05, 3.63) is 44.1 Å². The van der Waals surface area contributed by atoms with Crippen molar-refractivity contribution in [3.63, 3.8) is 0 Å². The number of hydrogen-bond acceptors (Lipinski definition) is 14. The van der Waals surface area contributed by atoms with Gasteiger partial charge in [-0.15, -0.1) is 23.1 Å². The number of ether oxygens (including phenoxy) is 1. The minimum Gasteiger partial charge on any atom is -0.508 e. The number of rotatable bonds is 9. The molecule has 4 heterocycles. The van der Waals surface area contributed by atoms with Gasteiger partial charge in [0.25, 0.3) is 11.8 Å². The Morgan fingerprint density at radius 3 is 2.59 bits per heavy atom. The number of allylic oxidation sites excluding steroid dienone is 2. The Balaban J connectivity index is 1.36. The summed E-state index contributed by atoms with van der Waals surface area (Å²) in [6.45, 7) is 2.43. The number of aliphatic hydroxyl groups excluding tert-OH is 2. The Hall–Kier alpha value is -4.30. The first-order valence-electron chi connectivity index (χ1n) is 13.5. The molecule has 1 aromatic heterocycles. The third kappa shape index (κ3) is 6.23. The van der Waals surface area contributed by atoms with Crippen molar-refractivity contribution in [2.75, 3.05) is 24.6 Å². The fourth-order valence-electron chi connectivity index (χ4n) is 5.04. The SMILES string of the molecule is CC(C)(O/N=C(\C(=O)NC1C(=O)N2C(OC(=O)O)=C(CN3CC4=C(Br)C(O)=C(O)CC4CC3=O)CS[C@@H]12)c1csc(N)n1)C(=O)O. The molecule has 2 saturated heterocycles. The lowest BCUT2D eigenvalue weighted by Crippen LogP contribution is -2.70. The Bertz CT molecular complexity index is 1670. The molecule has 0 saturated carbocycles. The first-order chi connectivity index (χ1) is 21.6. The molecule has 4 aliphatic rings. The molecule has 17 nitrogen and oxygen atoms in total. The molecule has 5 rings (SSSR count). The van der Waals surface area contributed by atoms with Crippen molar-refractivity contribution in [1.82, 2.24) is 20.1 Å². The smallest absolute Gasteiger partial charge is 0.508 e. The lowest BCUT2D eigenvalue weighted by atomic mass is 9.83. The number of β-lactam (4-membered cyclic amide) rings is 1. The van der Waals surface area contributed by atoms with E-state index < -0.39 is 46.7 Å². The quantitative estimate of drug-likeness (QED) is 0.0914. The van der Waals surface area contributed by atoms with Crippen LogP contribution in [-0.4, -0.2) is 107 Å². The van der Waals surface area contributed by atoms with E-state index in [1.165, 1.54) is 35.9 Å². The summed E-state index contributed by atoms with van der Waals surface area (Å²) in [5.74, 6) is -4.28. The van der Waals surface area contributed by atoms with Crippen molar-refractivity contribution in [2.24, 2.45) is 11.1 Å². The third-order valence-corrected chi connectivity index (χ3v) is 10.4. The molecular weight excluding hydrogens is 716 g/mol. The van der Waals surface area contributed by atoms with Gasteiger partial charge in [0.2, 0.25) is 17.4 Å². The Kier molecular flexibility index (Phi) is 8.97. The van der Waals surface area contributed by atoms with Gasteiger partial charge in [-0.2, -0.15) is 0 Å². The summed E-state index contributed by atoms with van der Waals surface area (Å²) in [4.78, 5) is 74.4. The number of piperidine rings is 1. The number of aliphatic carboxylic acids is 1. The zero-order chi connectivity index (χ0) is 33.7. The molecule has 3 atom stereocenters. The van der Waals surface area contributed by atoms with Crippen LogP contribution in [0.4, 0.5) is 9.93 Å². The van der Waals surface area contributed by atoms with Crippen LogP contribution in [0, 0.1) is 5.92 Å². The van der Waals surface area contributed by atoms with Gasteiger partial charge in [-0.05, 0) is 41.3 Å². The van der Waals surface area contributed by atoms with Crippen molar-refractivity contribution in [3.8, 4) is 0 Å². The van der Waals surface area contributed by atoms with Gasteiger partial charge in [0, 0.05) is 42.6 Å². The van der Waals surface area contributed by atoms with E-state index in [1.807, 2.05) is 0 Å². The van der Waals surface area contributed by atoms with Crippen LogP contribution >= 0.6 is 39.0 Å². The molecule has 2 unspecified atom stereocenters. The number of carboxylic acid groups (broad SMARTS) is 2. The van der Waals surface area contributed by atoms with Crippen LogP contribution in [0.3, 0.4) is 0 Å². The highest BCUT2D eigenvalue weighted by Gasteiger charge is 2.55. The van der Waals surface area contributed by atoms with Gasteiger partial charge in [0.05, 0.1) is 4.48 Å². The summed E-state index contributed by atoms with van der Waals surface area (Å²) in [5, 5.41) is 45.9. The van der Waals surface area contributed by atoms with E-state index in [-0.39, 0.29) is 76.2 Å². The number of aliphatic hydroxyl groups is 2. The number of nitrogens with two attached hydrogens (primary N) is 1. The molecule has 1 aliphatic carbocycles. The number of anilines is 1. The molecule has 1 aromatic rings. The number of nitrogen functional groups attached to an aromatic ring is 1. The molecule has 7 N–H and O–H groups in total. The van der Waals surface area contributed by atoms with Gasteiger partial charge in [-0.25, -0.2) is 14.6 Å². The van der Waals surface area contributed by atoms with Gasteiger partial charge in [0.1, 0.15) is 22.9 Å². The van der Waals surface area contributed by atoms with Crippen LogP contribution in [0.2, 0.25) is 0 Å². The number of nitrogens with one attached hydrogen (secondary N) is 1. The normalized spacial score (nSPS) is 23.5. The number of oxime groups is 1. The van der Waals surface area contributed by atoms with Crippen LogP contribution in [0.1, 0.15) is 32.4 Å². The molecule has 3 amide bonds. The monoisotopic (exact) mass is 742 g/mol. The number of carbonyl (C=O) groups is 5. The summed E-state index contributed by atoms with van der Waals surface area (Å²) in [7, 11) is 0. The predicted octanol–water partition coefficient (Wildman–Crippen LogP) is 1.84. The first-order valence-corrected chi connectivity index (χ1v) is 16.2. The maximum absolute atomic E-state index is 13.4. The number of hydrogen-bond donors (Lipinski definition) is 6. The lowest BCUT2D eigenvalue weighted by Gasteiger charge is -2.49. The lowest BCUT2D eigenvalue weighted by molar-refractivity contribution is -0.161. The van der Waals surface area contributed by atoms with E-state index in [4.69, 9.17) is 15.3 Å². The molecule has 2 fully saturated rings.